The SMILES string of the molecule is COc1ccc(C(=O)OCC(=O)NCCSc2ccccc2)c(O)c1. The zero-order chi connectivity index (χ0) is 18.1. The third kappa shape index (κ3) is 6.04. The quantitative estimate of drug-likeness (QED) is 0.427. The van der Waals surface area contributed by atoms with Crippen LogP contribution in [0.15, 0.2) is 53.4 Å². The molecule has 6 nitrogen and oxygen atoms in total. The van der Waals surface area contributed by atoms with Gasteiger partial charge in [-0.25, -0.2) is 4.79 Å². The Morgan fingerprint density at radius 2 is 1.92 bits per heavy atom. The van der Waals surface area contributed by atoms with E-state index < -0.39 is 18.5 Å². The van der Waals surface area contributed by atoms with Gasteiger partial charge in [0.25, 0.3) is 5.91 Å². The van der Waals surface area contributed by atoms with Crippen molar-refractivity contribution in [2.45, 2.75) is 4.90 Å². The smallest absolute Gasteiger partial charge is 0.342 e. The lowest BCUT2D eigenvalue weighted by Crippen LogP contribution is -2.30. The lowest BCUT2D eigenvalue weighted by Gasteiger charge is -2.08. The fourth-order valence-corrected chi connectivity index (χ4v) is 2.74. The Kier molecular flexibility index (Phi) is 7.16. The van der Waals surface area contributed by atoms with Crippen molar-refractivity contribution < 1.29 is 24.2 Å². The van der Waals surface area contributed by atoms with Crippen LogP contribution >= 0.6 is 11.8 Å². The van der Waals surface area contributed by atoms with E-state index in [1.165, 1.54) is 25.3 Å². The second kappa shape index (κ2) is 9.58. The van der Waals surface area contributed by atoms with Crippen molar-refractivity contribution in [3.05, 3.63) is 54.1 Å². The number of carbonyl (C=O) groups excluding carboxylic acids is 2. The van der Waals surface area contributed by atoms with Crippen LogP contribution < -0.4 is 10.1 Å². The number of esters is 1. The molecule has 0 aliphatic rings. The topological polar surface area (TPSA) is 84.9 Å². The first-order valence-corrected chi connectivity index (χ1v) is 8.57. The van der Waals surface area contributed by atoms with Gasteiger partial charge in [-0.2, -0.15) is 0 Å². The number of hydrogen-bond acceptors (Lipinski definition) is 6. The van der Waals surface area contributed by atoms with Crippen molar-refractivity contribution in [3.63, 3.8) is 0 Å². The summed E-state index contributed by atoms with van der Waals surface area (Å²) < 4.78 is 9.84. The summed E-state index contributed by atoms with van der Waals surface area (Å²) in [5.41, 5.74) is -0.0202. The van der Waals surface area contributed by atoms with Crippen molar-refractivity contribution in [1.29, 1.82) is 0 Å². The van der Waals surface area contributed by atoms with Crippen LogP contribution in [0, 0.1) is 0 Å². The number of hydrogen-bond donors (Lipinski definition) is 2. The Morgan fingerprint density at radius 3 is 2.60 bits per heavy atom. The van der Waals surface area contributed by atoms with Crippen molar-refractivity contribution in [1.82, 2.24) is 5.32 Å². The van der Waals surface area contributed by atoms with E-state index >= 15 is 0 Å². The number of ether oxygens (including phenoxy) is 2. The number of rotatable bonds is 8. The molecule has 2 rings (SSSR count). The maximum absolute atomic E-state index is 11.9. The fraction of sp³-hybridized carbons (Fsp3) is 0.222. The Balaban J connectivity index is 1.70. The van der Waals surface area contributed by atoms with Crippen LogP contribution in [-0.4, -0.2) is 43.0 Å². The number of carbonyl (C=O) groups is 2. The van der Waals surface area contributed by atoms with E-state index in [4.69, 9.17) is 9.47 Å². The van der Waals surface area contributed by atoms with Gasteiger partial charge >= 0.3 is 5.97 Å². The molecule has 132 valence electrons. The molecule has 2 aromatic rings. The van der Waals surface area contributed by atoms with E-state index in [1.54, 1.807) is 11.8 Å². The maximum Gasteiger partial charge on any atom is 0.342 e. The van der Waals surface area contributed by atoms with Crippen LogP contribution in [0.3, 0.4) is 0 Å². The molecule has 0 radical (unpaired) electrons. The first-order valence-electron chi connectivity index (χ1n) is 7.59. The third-order valence-electron chi connectivity index (χ3n) is 3.20. The van der Waals surface area contributed by atoms with Crippen LogP contribution in [0.5, 0.6) is 11.5 Å². The molecule has 0 bridgehead atoms. The Hall–Kier alpha value is -2.67. The van der Waals surface area contributed by atoms with Crippen LogP contribution in [0.2, 0.25) is 0 Å². The maximum atomic E-state index is 11.9. The van der Waals surface area contributed by atoms with Crippen LogP contribution in [0.1, 0.15) is 10.4 Å². The summed E-state index contributed by atoms with van der Waals surface area (Å²) in [6.45, 7) is 0.0596. The van der Waals surface area contributed by atoms with Crippen LogP contribution in [0.4, 0.5) is 0 Å². The molecule has 2 N–H and O–H groups in total. The highest BCUT2D eigenvalue weighted by Gasteiger charge is 2.15. The van der Waals surface area contributed by atoms with Gasteiger partial charge < -0.3 is 19.9 Å². The third-order valence-corrected chi connectivity index (χ3v) is 4.21. The number of methoxy groups -OCH3 is 1. The second-order valence-corrected chi connectivity index (χ2v) is 6.14. The van der Waals surface area contributed by atoms with Gasteiger partial charge in [0.2, 0.25) is 0 Å². The number of amides is 1. The minimum absolute atomic E-state index is 0.0202. The molecule has 0 atom stereocenters. The predicted molar refractivity (Wildman–Crippen MR) is 95.1 cm³/mol. The highest BCUT2D eigenvalue weighted by atomic mass is 32.2. The highest BCUT2D eigenvalue weighted by Crippen LogP contribution is 2.23. The normalized spacial score (nSPS) is 10.1. The molecule has 7 heteroatoms. The van der Waals surface area contributed by atoms with Gasteiger partial charge in [0, 0.05) is 23.3 Å². The summed E-state index contributed by atoms with van der Waals surface area (Å²) in [6.07, 6.45) is 0. The summed E-state index contributed by atoms with van der Waals surface area (Å²) in [6, 6.07) is 14.1. The van der Waals surface area contributed by atoms with E-state index in [9.17, 15) is 14.7 Å². The van der Waals surface area contributed by atoms with Gasteiger partial charge in [-0.3, -0.25) is 4.79 Å². The van der Waals surface area contributed by atoms with Gasteiger partial charge in [0.05, 0.1) is 7.11 Å². The minimum Gasteiger partial charge on any atom is -0.507 e. The monoisotopic (exact) mass is 361 g/mol. The molecular weight excluding hydrogens is 342 g/mol. The Labute approximate surface area is 150 Å². The number of nitrogens with one attached hydrogen (secondary N) is 1. The van der Waals surface area contributed by atoms with Crippen molar-refractivity contribution in [3.8, 4) is 11.5 Å². The van der Waals surface area contributed by atoms with Crippen molar-refractivity contribution in [2.75, 3.05) is 26.0 Å². The molecule has 25 heavy (non-hydrogen) atoms. The van der Waals surface area contributed by atoms with E-state index in [0.717, 1.165) is 4.90 Å². The zero-order valence-corrected chi connectivity index (χ0v) is 14.5. The number of thioether (sulfide) groups is 1. The summed E-state index contributed by atoms with van der Waals surface area (Å²) in [5, 5.41) is 12.4. The number of phenols is 1. The van der Waals surface area contributed by atoms with Gasteiger partial charge in [0.1, 0.15) is 17.1 Å². The van der Waals surface area contributed by atoms with Crippen molar-refractivity contribution >= 4 is 23.6 Å². The molecule has 1 amide bonds. The predicted octanol–water partition coefficient (Wildman–Crippen LogP) is 2.47. The average molecular weight is 361 g/mol. The van der Waals surface area contributed by atoms with E-state index in [-0.39, 0.29) is 11.3 Å². The lowest BCUT2D eigenvalue weighted by molar-refractivity contribution is -0.124. The number of benzene rings is 2. The van der Waals surface area contributed by atoms with Gasteiger partial charge in [-0.1, -0.05) is 18.2 Å². The summed E-state index contributed by atoms with van der Waals surface area (Å²) >= 11 is 1.62. The largest absolute Gasteiger partial charge is 0.507 e. The molecule has 0 saturated carbocycles. The molecule has 0 aromatic heterocycles. The Bertz CT molecular complexity index is 721. The second-order valence-electron chi connectivity index (χ2n) is 4.97. The van der Waals surface area contributed by atoms with E-state index in [0.29, 0.717) is 18.0 Å². The van der Waals surface area contributed by atoms with E-state index in [2.05, 4.69) is 5.32 Å². The molecule has 0 aliphatic heterocycles. The highest BCUT2D eigenvalue weighted by molar-refractivity contribution is 7.99. The van der Waals surface area contributed by atoms with Crippen LogP contribution in [0.25, 0.3) is 0 Å². The molecule has 0 spiro atoms. The lowest BCUT2D eigenvalue weighted by atomic mass is 10.2. The fourth-order valence-electron chi connectivity index (χ4n) is 1.95. The van der Waals surface area contributed by atoms with Gasteiger partial charge in [-0.15, -0.1) is 11.8 Å². The number of aromatic hydroxyl groups is 1. The Morgan fingerprint density at radius 1 is 1.16 bits per heavy atom. The summed E-state index contributed by atoms with van der Waals surface area (Å²) in [5.74, 6) is -0.293. The van der Waals surface area contributed by atoms with Gasteiger partial charge in [0.15, 0.2) is 6.61 Å². The number of phenolic OH excluding ortho intramolecular Hbond substituents is 1. The van der Waals surface area contributed by atoms with E-state index in [1.807, 2.05) is 30.3 Å². The molecule has 0 unspecified atom stereocenters. The van der Waals surface area contributed by atoms with Gasteiger partial charge in [-0.05, 0) is 24.3 Å². The first-order chi connectivity index (χ1) is 12.1. The summed E-state index contributed by atoms with van der Waals surface area (Å²) in [4.78, 5) is 24.7. The zero-order valence-electron chi connectivity index (χ0n) is 13.7. The summed E-state index contributed by atoms with van der Waals surface area (Å²) in [7, 11) is 1.45. The molecule has 0 aliphatic carbocycles. The molecule has 0 fully saturated rings. The minimum atomic E-state index is -0.769. The first kappa shape index (κ1) is 18.7. The standard InChI is InChI=1S/C18H19NO5S/c1-23-13-7-8-15(16(20)11-13)18(22)24-12-17(21)19-9-10-25-14-5-3-2-4-6-14/h2-8,11,20H,9-10,12H2,1H3,(H,19,21). The molecule has 0 saturated heterocycles. The average Bonchev–Trinajstić information content (AvgIpc) is 2.64. The van der Waals surface area contributed by atoms with Crippen LogP contribution in [-0.2, 0) is 9.53 Å². The molecule has 2 aromatic carbocycles. The molecular formula is C18H19NO5S. The molecule has 0 heterocycles. The van der Waals surface area contributed by atoms with Crippen molar-refractivity contribution in [2.24, 2.45) is 0 Å².